The van der Waals surface area contributed by atoms with Crippen molar-refractivity contribution < 1.29 is 28.2 Å². The van der Waals surface area contributed by atoms with Crippen LogP contribution in [0, 0.1) is 6.92 Å². The van der Waals surface area contributed by atoms with E-state index in [2.05, 4.69) is 16.0 Å². The molecular formula is C29H32F2N3O4P. The number of pyridine rings is 2. The van der Waals surface area contributed by atoms with Crippen molar-refractivity contribution in [2.75, 3.05) is 25.6 Å². The third-order valence-electron chi connectivity index (χ3n) is 6.48. The number of aromatic nitrogens is 2. The minimum atomic E-state index is -2.80. The van der Waals surface area contributed by atoms with Gasteiger partial charge in [-0.25, -0.2) is 13.8 Å². The van der Waals surface area contributed by atoms with Crippen LogP contribution >= 0.6 is 9.24 Å². The molecule has 0 aliphatic heterocycles. The van der Waals surface area contributed by atoms with Gasteiger partial charge in [-0.2, -0.15) is 0 Å². The van der Waals surface area contributed by atoms with Crippen molar-refractivity contribution in [1.29, 1.82) is 0 Å². The highest BCUT2D eigenvalue weighted by atomic mass is 31.0. The Bertz CT molecular complexity index is 1480. The van der Waals surface area contributed by atoms with Crippen LogP contribution in [0.5, 0.6) is 5.75 Å². The van der Waals surface area contributed by atoms with Gasteiger partial charge in [0.05, 0.1) is 18.7 Å². The Morgan fingerprint density at radius 3 is 2.59 bits per heavy atom. The SMILES string of the molecule is Cc1cc(OCCOCCC(F)(F)P)ccc1CCc1cnc2c(N)nc3cc(CCC(=O)O)ccc3c2c1. The van der Waals surface area contributed by atoms with Gasteiger partial charge < -0.3 is 20.3 Å². The summed E-state index contributed by atoms with van der Waals surface area (Å²) in [6.45, 7) is 2.54. The zero-order valence-corrected chi connectivity index (χ0v) is 22.9. The van der Waals surface area contributed by atoms with E-state index >= 15 is 0 Å². The van der Waals surface area contributed by atoms with Gasteiger partial charge in [0.25, 0.3) is 5.66 Å². The fourth-order valence-corrected chi connectivity index (χ4v) is 4.51. The number of carbonyl (C=O) groups is 1. The number of nitrogens with two attached hydrogens (primary N) is 1. The largest absolute Gasteiger partial charge is 0.491 e. The van der Waals surface area contributed by atoms with Crippen LogP contribution in [0.3, 0.4) is 0 Å². The number of hydrogen-bond donors (Lipinski definition) is 2. The van der Waals surface area contributed by atoms with Gasteiger partial charge in [-0.05, 0) is 72.7 Å². The molecule has 0 amide bonds. The molecule has 206 valence electrons. The zero-order valence-electron chi connectivity index (χ0n) is 21.8. The lowest BCUT2D eigenvalue weighted by Crippen LogP contribution is -2.13. The minimum absolute atomic E-state index is 0.0197. The second-order valence-corrected chi connectivity index (χ2v) is 10.4. The first-order valence-electron chi connectivity index (χ1n) is 12.7. The summed E-state index contributed by atoms with van der Waals surface area (Å²) in [5, 5.41) is 10.8. The number of anilines is 1. The van der Waals surface area contributed by atoms with Crippen molar-refractivity contribution in [2.45, 2.75) is 44.7 Å². The molecule has 0 spiro atoms. The Hall–Kier alpha value is -3.42. The quantitative estimate of drug-likeness (QED) is 0.123. The van der Waals surface area contributed by atoms with Crippen molar-refractivity contribution in [2.24, 2.45) is 0 Å². The molecule has 10 heteroatoms. The van der Waals surface area contributed by atoms with E-state index in [9.17, 15) is 13.6 Å². The van der Waals surface area contributed by atoms with Gasteiger partial charge in [0, 0.05) is 29.8 Å². The van der Waals surface area contributed by atoms with Crippen molar-refractivity contribution in [3.05, 3.63) is 70.9 Å². The number of halogens is 2. The van der Waals surface area contributed by atoms with Crippen LogP contribution in [-0.2, 0) is 28.8 Å². The predicted molar refractivity (Wildman–Crippen MR) is 152 cm³/mol. The fourth-order valence-electron chi connectivity index (χ4n) is 4.39. The number of aryl methyl sites for hydroxylation is 4. The Morgan fingerprint density at radius 2 is 1.85 bits per heavy atom. The van der Waals surface area contributed by atoms with Crippen LogP contribution in [0.1, 0.15) is 35.1 Å². The molecule has 39 heavy (non-hydrogen) atoms. The molecule has 1 atom stereocenters. The average molecular weight is 556 g/mol. The Balaban J connectivity index is 1.39. The van der Waals surface area contributed by atoms with Crippen LogP contribution in [0.4, 0.5) is 14.6 Å². The molecule has 7 nitrogen and oxygen atoms in total. The summed E-state index contributed by atoms with van der Waals surface area (Å²) < 4.78 is 36.5. The number of carboxylic acids is 1. The lowest BCUT2D eigenvalue weighted by Gasteiger charge is -2.12. The zero-order chi connectivity index (χ0) is 28.0. The van der Waals surface area contributed by atoms with Crippen LogP contribution in [0.15, 0.2) is 48.7 Å². The number of aliphatic carboxylic acids is 1. The Morgan fingerprint density at radius 1 is 1.03 bits per heavy atom. The molecule has 2 aromatic heterocycles. The molecule has 0 bridgehead atoms. The molecule has 2 heterocycles. The highest BCUT2D eigenvalue weighted by molar-refractivity contribution is 7.18. The first kappa shape index (κ1) is 28.6. The van der Waals surface area contributed by atoms with Crippen molar-refractivity contribution in [1.82, 2.24) is 9.97 Å². The normalized spacial score (nSPS) is 11.8. The summed E-state index contributed by atoms with van der Waals surface area (Å²) in [5.74, 6) is 0.218. The number of alkyl halides is 2. The number of benzene rings is 2. The second-order valence-electron chi connectivity index (χ2n) is 9.54. The molecule has 4 rings (SSSR count). The van der Waals surface area contributed by atoms with E-state index in [0.717, 1.165) is 45.8 Å². The maximum atomic E-state index is 12.8. The van der Waals surface area contributed by atoms with Gasteiger partial charge in [-0.15, -0.1) is 0 Å². The van der Waals surface area contributed by atoms with Crippen molar-refractivity contribution in [3.63, 3.8) is 0 Å². The smallest absolute Gasteiger partial charge is 0.303 e. The van der Waals surface area contributed by atoms with Crippen LogP contribution < -0.4 is 10.5 Å². The molecule has 3 N–H and O–H groups in total. The van der Waals surface area contributed by atoms with Crippen LogP contribution in [0.2, 0.25) is 0 Å². The van der Waals surface area contributed by atoms with Gasteiger partial charge in [0.2, 0.25) is 0 Å². The molecule has 0 aliphatic rings. The Labute approximate surface area is 227 Å². The highest BCUT2D eigenvalue weighted by Gasteiger charge is 2.20. The van der Waals surface area contributed by atoms with E-state index in [1.165, 1.54) is 14.8 Å². The molecule has 1 unspecified atom stereocenters. The number of nitrogens with zero attached hydrogens (tertiary/aromatic N) is 2. The maximum Gasteiger partial charge on any atom is 0.303 e. The van der Waals surface area contributed by atoms with E-state index in [-0.39, 0.29) is 32.7 Å². The van der Waals surface area contributed by atoms with E-state index in [0.29, 0.717) is 23.5 Å². The number of rotatable bonds is 13. The number of ether oxygens (including phenoxy) is 2. The fraction of sp³-hybridized carbons (Fsp3) is 0.345. The highest BCUT2D eigenvalue weighted by Crippen LogP contribution is 2.29. The summed E-state index contributed by atoms with van der Waals surface area (Å²) in [5.41, 5.74) is 9.01. The average Bonchev–Trinajstić information content (AvgIpc) is 2.88. The second kappa shape index (κ2) is 12.6. The molecule has 0 saturated heterocycles. The third kappa shape index (κ3) is 8.04. The van der Waals surface area contributed by atoms with Gasteiger partial charge in [-0.1, -0.05) is 27.4 Å². The first-order valence-corrected chi connectivity index (χ1v) is 13.3. The van der Waals surface area contributed by atoms with Gasteiger partial charge in [0.15, 0.2) is 5.82 Å². The molecule has 0 aliphatic carbocycles. The predicted octanol–water partition coefficient (Wildman–Crippen LogP) is 5.73. The summed E-state index contributed by atoms with van der Waals surface area (Å²) in [7, 11) is 1.51. The topological polar surface area (TPSA) is 108 Å². The molecule has 0 radical (unpaired) electrons. The lowest BCUT2D eigenvalue weighted by atomic mass is 9.99. The monoisotopic (exact) mass is 555 g/mol. The molecule has 4 aromatic rings. The first-order chi connectivity index (χ1) is 18.6. The van der Waals surface area contributed by atoms with Crippen LogP contribution in [0.25, 0.3) is 21.8 Å². The molecule has 0 fully saturated rings. The minimum Gasteiger partial charge on any atom is -0.491 e. The number of hydrogen-bond acceptors (Lipinski definition) is 6. The number of fused-ring (bicyclic) bond motifs is 3. The molecular weight excluding hydrogens is 523 g/mol. The van der Waals surface area contributed by atoms with Gasteiger partial charge in [0.1, 0.15) is 17.9 Å². The number of carboxylic acid groups (broad SMARTS) is 1. The Kier molecular flexibility index (Phi) is 9.25. The van der Waals surface area contributed by atoms with Crippen molar-refractivity contribution in [3.8, 4) is 5.75 Å². The summed E-state index contributed by atoms with van der Waals surface area (Å²) in [4.78, 5) is 20.0. The van der Waals surface area contributed by atoms with E-state index in [1.54, 1.807) is 0 Å². The number of nitrogen functional groups attached to an aromatic ring is 1. The summed E-state index contributed by atoms with van der Waals surface area (Å²) >= 11 is 0. The third-order valence-corrected chi connectivity index (χ3v) is 6.77. The van der Waals surface area contributed by atoms with E-state index in [1.807, 2.05) is 49.5 Å². The lowest BCUT2D eigenvalue weighted by molar-refractivity contribution is -0.136. The van der Waals surface area contributed by atoms with Gasteiger partial charge >= 0.3 is 5.97 Å². The van der Waals surface area contributed by atoms with Gasteiger partial charge in [-0.3, -0.25) is 9.78 Å². The van der Waals surface area contributed by atoms with E-state index < -0.39 is 11.6 Å². The standard InChI is InChI=1S/C29H32F2N3O4P/c1-18-14-22(38-13-12-37-11-10-29(30,31)39)7-6-21(18)5-2-20-15-24-23-8-3-19(4-9-26(35)36)16-25(23)34-28(32)27(24)33-17-20/h3,6-8,14-17H,2,4-5,9-13,39H2,1H3,(H2,32,34)(H,35,36). The summed E-state index contributed by atoms with van der Waals surface area (Å²) in [6, 6.07) is 13.8. The molecule has 2 aromatic carbocycles. The molecule has 0 saturated carbocycles. The summed E-state index contributed by atoms with van der Waals surface area (Å²) in [6.07, 6.45) is 3.56. The maximum absolute atomic E-state index is 12.8. The van der Waals surface area contributed by atoms with Crippen LogP contribution in [-0.4, -0.2) is 46.5 Å². The van der Waals surface area contributed by atoms with E-state index in [4.69, 9.17) is 20.3 Å². The van der Waals surface area contributed by atoms with Crippen molar-refractivity contribution >= 4 is 42.8 Å².